The summed E-state index contributed by atoms with van der Waals surface area (Å²) in [5.41, 5.74) is 2.82. The average molecular weight is 342 g/mol. The highest BCUT2D eigenvalue weighted by Crippen LogP contribution is 2.33. The molecular weight excluding hydrogens is 320 g/mol. The van der Waals surface area contributed by atoms with Crippen LogP contribution in [0, 0.1) is 18.8 Å². The van der Waals surface area contributed by atoms with Gasteiger partial charge in [0.25, 0.3) is 0 Å². The van der Waals surface area contributed by atoms with Crippen molar-refractivity contribution in [3.63, 3.8) is 0 Å². The molecule has 2 N–H and O–H groups in total. The first-order valence-corrected chi connectivity index (χ1v) is 8.29. The highest BCUT2D eigenvalue weighted by molar-refractivity contribution is 5.75. The molecule has 0 bridgehead atoms. The minimum Gasteiger partial charge on any atom is -0.508 e. The molecule has 1 aliphatic heterocycles. The third-order valence-corrected chi connectivity index (χ3v) is 4.77. The molecular formula is C20H22O5. The Morgan fingerprint density at radius 3 is 2.44 bits per heavy atom. The normalized spacial score (nSPS) is 19.7. The van der Waals surface area contributed by atoms with Gasteiger partial charge in [0, 0.05) is 5.92 Å². The van der Waals surface area contributed by atoms with Crippen molar-refractivity contribution < 1.29 is 24.5 Å². The van der Waals surface area contributed by atoms with Crippen molar-refractivity contribution in [3.8, 4) is 17.2 Å². The number of carbonyl (C=O) groups is 1. The third-order valence-electron chi connectivity index (χ3n) is 4.77. The van der Waals surface area contributed by atoms with Crippen molar-refractivity contribution in [2.75, 3.05) is 13.7 Å². The van der Waals surface area contributed by atoms with Crippen molar-refractivity contribution in [1.82, 2.24) is 0 Å². The molecule has 1 fully saturated rings. The van der Waals surface area contributed by atoms with Crippen molar-refractivity contribution in [2.45, 2.75) is 19.8 Å². The zero-order chi connectivity index (χ0) is 18.0. The number of hydrogen-bond donors (Lipinski definition) is 2. The van der Waals surface area contributed by atoms with Gasteiger partial charge in [-0.2, -0.15) is 0 Å². The highest BCUT2D eigenvalue weighted by Gasteiger charge is 2.36. The number of carbonyl (C=O) groups excluding carboxylic acids is 1. The monoisotopic (exact) mass is 342 g/mol. The van der Waals surface area contributed by atoms with E-state index < -0.39 is 0 Å². The molecule has 2 aromatic carbocycles. The molecule has 0 saturated carbocycles. The van der Waals surface area contributed by atoms with Crippen LogP contribution in [0.5, 0.6) is 17.2 Å². The van der Waals surface area contributed by atoms with Gasteiger partial charge in [0.1, 0.15) is 5.75 Å². The minimum atomic E-state index is -0.233. The molecule has 132 valence electrons. The fourth-order valence-corrected chi connectivity index (χ4v) is 3.31. The molecule has 25 heavy (non-hydrogen) atoms. The van der Waals surface area contributed by atoms with Crippen LogP contribution in [0.4, 0.5) is 0 Å². The molecule has 1 saturated heterocycles. The fraction of sp³-hybridized carbons (Fsp3) is 0.350. The molecule has 5 heteroatoms. The van der Waals surface area contributed by atoms with Crippen LogP contribution in [0.15, 0.2) is 36.4 Å². The van der Waals surface area contributed by atoms with E-state index in [1.165, 1.54) is 7.11 Å². The van der Waals surface area contributed by atoms with E-state index in [4.69, 9.17) is 9.47 Å². The van der Waals surface area contributed by atoms with Crippen LogP contribution in [0.25, 0.3) is 0 Å². The van der Waals surface area contributed by atoms with Crippen LogP contribution in [-0.4, -0.2) is 29.9 Å². The standard InChI is InChI=1S/C20H22O5/c1-12-7-13(3-5-17(12)21)8-15-11-25-20(23)16(15)9-14-4-6-18(22)19(10-14)24-2/h3-7,10,15-16,21-22H,8-9,11H2,1-2H3/t15?,16-/m1/s1. The first kappa shape index (κ1) is 17.1. The summed E-state index contributed by atoms with van der Waals surface area (Å²) in [5.74, 6) is 0.410. The second-order valence-electron chi connectivity index (χ2n) is 6.53. The SMILES string of the molecule is COc1cc(C[C@H]2C(=O)OCC2Cc2ccc(O)c(C)c2)ccc1O. The van der Waals surface area contributed by atoms with Gasteiger partial charge in [0.15, 0.2) is 11.5 Å². The topological polar surface area (TPSA) is 76.0 Å². The second kappa shape index (κ2) is 7.05. The van der Waals surface area contributed by atoms with Gasteiger partial charge in [-0.3, -0.25) is 4.79 Å². The predicted octanol–water partition coefficient (Wildman–Crippen LogP) is 2.99. The quantitative estimate of drug-likeness (QED) is 0.817. The van der Waals surface area contributed by atoms with Crippen LogP contribution in [0.3, 0.4) is 0 Å². The van der Waals surface area contributed by atoms with Crippen molar-refractivity contribution in [2.24, 2.45) is 11.8 Å². The zero-order valence-corrected chi connectivity index (χ0v) is 14.4. The van der Waals surface area contributed by atoms with Crippen molar-refractivity contribution in [3.05, 3.63) is 53.1 Å². The van der Waals surface area contributed by atoms with E-state index in [-0.39, 0.29) is 29.3 Å². The summed E-state index contributed by atoms with van der Waals surface area (Å²) >= 11 is 0. The first-order valence-electron chi connectivity index (χ1n) is 8.29. The smallest absolute Gasteiger partial charge is 0.309 e. The van der Waals surface area contributed by atoms with Gasteiger partial charge in [-0.25, -0.2) is 0 Å². The van der Waals surface area contributed by atoms with Gasteiger partial charge in [0.2, 0.25) is 0 Å². The number of benzene rings is 2. The highest BCUT2D eigenvalue weighted by atomic mass is 16.5. The largest absolute Gasteiger partial charge is 0.508 e. The summed E-state index contributed by atoms with van der Waals surface area (Å²) in [6.07, 6.45) is 1.25. The maximum atomic E-state index is 12.2. The van der Waals surface area contributed by atoms with Crippen LogP contribution in [-0.2, 0) is 22.4 Å². The van der Waals surface area contributed by atoms with Gasteiger partial charge in [-0.15, -0.1) is 0 Å². The Morgan fingerprint density at radius 2 is 1.76 bits per heavy atom. The lowest BCUT2D eigenvalue weighted by atomic mass is 9.84. The van der Waals surface area contributed by atoms with Crippen molar-refractivity contribution >= 4 is 5.97 Å². The summed E-state index contributed by atoms with van der Waals surface area (Å²) in [7, 11) is 1.50. The fourth-order valence-electron chi connectivity index (χ4n) is 3.31. The van der Waals surface area contributed by atoms with E-state index in [0.29, 0.717) is 25.2 Å². The van der Waals surface area contributed by atoms with Crippen molar-refractivity contribution in [1.29, 1.82) is 0 Å². The lowest BCUT2D eigenvalue weighted by molar-refractivity contribution is -0.141. The van der Waals surface area contributed by atoms with Crippen LogP contribution < -0.4 is 4.74 Å². The molecule has 2 aromatic rings. The van der Waals surface area contributed by atoms with Gasteiger partial charge in [-0.1, -0.05) is 18.2 Å². The number of esters is 1. The molecule has 2 atom stereocenters. The van der Waals surface area contributed by atoms with E-state index in [1.54, 1.807) is 24.3 Å². The van der Waals surface area contributed by atoms with Gasteiger partial charge in [-0.05, 0) is 54.7 Å². The number of rotatable bonds is 5. The van der Waals surface area contributed by atoms with E-state index in [1.807, 2.05) is 19.1 Å². The number of ether oxygens (including phenoxy) is 2. The Kier molecular flexibility index (Phi) is 4.83. The Labute approximate surface area is 146 Å². The summed E-state index contributed by atoms with van der Waals surface area (Å²) in [6, 6.07) is 10.6. The molecule has 5 nitrogen and oxygen atoms in total. The predicted molar refractivity (Wildman–Crippen MR) is 92.8 cm³/mol. The number of aryl methyl sites for hydroxylation is 1. The minimum absolute atomic E-state index is 0.0799. The molecule has 0 aromatic heterocycles. The maximum Gasteiger partial charge on any atom is 0.309 e. The number of phenolic OH excluding ortho intramolecular Hbond substituents is 2. The third kappa shape index (κ3) is 3.71. The average Bonchev–Trinajstić information content (AvgIpc) is 2.93. The lowest BCUT2D eigenvalue weighted by Gasteiger charge is -2.16. The van der Waals surface area contributed by atoms with Crippen LogP contribution in [0.1, 0.15) is 16.7 Å². The van der Waals surface area contributed by atoms with E-state index in [0.717, 1.165) is 16.7 Å². The first-order chi connectivity index (χ1) is 12.0. The molecule has 0 spiro atoms. The number of hydrogen-bond acceptors (Lipinski definition) is 5. The number of phenols is 2. The Hall–Kier alpha value is -2.69. The van der Waals surface area contributed by atoms with Gasteiger partial charge in [0.05, 0.1) is 19.6 Å². The number of methoxy groups -OCH3 is 1. The Morgan fingerprint density at radius 1 is 1.08 bits per heavy atom. The Balaban J connectivity index is 1.76. The van der Waals surface area contributed by atoms with Crippen LogP contribution in [0.2, 0.25) is 0 Å². The van der Waals surface area contributed by atoms with Gasteiger partial charge < -0.3 is 19.7 Å². The lowest BCUT2D eigenvalue weighted by Crippen LogP contribution is -2.20. The van der Waals surface area contributed by atoms with E-state index >= 15 is 0 Å². The number of cyclic esters (lactones) is 1. The Bertz CT molecular complexity index is 784. The summed E-state index contributed by atoms with van der Waals surface area (Å²) in [5, 5.41) is 19.4. The molecule has 3 rings (SSSR count). The molecule has 0 radical (unpaired) electrons. The molecule has 0 amide bonds. The number of aromatic hydroxyl groups is 2. The zero-order valence-electron chi connectivity index (χ0n) is 14.4. The molecule has 1 unspecified atom stereocenters. The summed E-state index contributed by atoms with van der Waals surface area (Å²) in [6.45, 7) is 2.26. The summed E-state index contributed by atoms with van der Waals surface area (Å²) < 4.78 is 10.4. The van der Waals surface area contributed by atoms with Crippen LogP contribution >= 0.6 is 0 Å². The van der Waals surface area contributed by atoms with E-state index in [2.05, 4.69) is 0 Å². The molecule has 1 heterocycles. The summed E-state index contributed by atoms with van der Waals surface area (Å²) in [4.78, 5) is 12.2. The molecule has 0 aliphatic carbocycles. The maximum absolute atomic E-state index is 12.2. The van der Waals surface area contributed by atoms with E-state index in [9.17, 15) is 15.0 Å². The second-order valence-corrected chi connectivity index (χ2v) is 6.53. The molecule has 1 aliphatic rings. The van der Waals surface area contributed by atoms with Gasteiger partial charge >= 0.3 is 5.97 Å².